The van der Waals surface area contributed by atoms with Crippen molar-refractivity contribution >= 4 is 0 Å². The van der Waals surface area contributed by atoms with Crippen LogP contribution in [-0.2, 0) is 13.0 Å². The van der Waals surface area contributed by atoms with E-state index in [4.69, 9.17) is 4.74 Å². The molecule has 28 heavy (non-hydrogen) atoms. The molecule has 3 aromatic rings. The predicted octanol–water partition coefficient (Wildman–Crippen LogP) is 7.37. The summed E-state index contributed by atoms with van der Waals surface area (Å²) < 4.78 is 5.93. The average molecular weight is 373 g/mol. The zero-order valence-electron chi connectivity index (χ0n) is 17.6. The summed E-state index contributed by atoms with van der Waals surface area (Å²) in [6.07, 6.45) is 1.06. The van der Waals surface area contributed by atoms with Gasteiger partial charge in [0.25, 0.3) is 0 Å². The average Bonchev–Trinajstić information content (AvgIpc) is 2.72. The number of hydrogen-bond donors (Lipinski definition) is 0. The molecule has 0 saturated carbocycles. The van der Waals surface area contributed by atoms with E-state index in [0.29, 0.717) is 24.4 Å². The van der Waals surface area contributed by atoms with Crippen LogP contribution in [0.5, 0.6) is 5.75 Å². The van der Waals surface area contributed by atoms with Crippen LogP contribution >= 0.6 is 0 Å². The minimum Gasteiger partial charge on any atom is -0.489 e. The fourth-order valence-corrected chi connectivity index (χ4v) is 3.80. The molecule has 0 aliphatic heterocycles. The molecule has 0 aliphatic carbocycles. The van der Waals surface area contributed by atoms with E-state index in [2.05, 4.69) is 88.4 Å². The molecule has 0 spiro atoms. The van der Waals surface area contributed by atoms with Crippen molar-refractivity contribution in [1.82, 2.24) is 0 Å². The third-order valence-corrected chi connectivity index (χ3v) is 5.45. The molecule has 1 heteroatoms. The summed E-state index contributed by atoms with van der Waals surface area (Å²) in [6, 6.07) is 27.9. The summed E-state index contributed by atoms with van der Waals surface area (Å²) in [7, 11) is 0. The lowest BCUT2D eigenvalue weighted by atomic mass is 9.79. The van der Waals surface area contributed by atoms with Gasteiger partial charge in [-0.25, -0.2) is 0 Å². The highest BCUT2D eigenvalue weighted by Crippen LogP contribution is 2.34. The molecule has 146 valence electrons. The molecule has 3 aromatic carbocycles. The molecule has 0 radical (unpaired) electrons. The molecule has 1 nitrogen and oxygen atoms in total. The first-order valence-electron chi connectivity index (χ1n) is 10.4. The monoisotopic (exact) mass is 372 g/mol. The lowest BCUT2D eigenvalue weighted by molar-refractivity contribution is 0.306. The molecule has 0 heterocycles. The third kappa shape index (κ3) is 5.25. The first-order chi connectivity index (χ1) is 13.5. The van der Waals surface area contributed by atoms with Gasteiger partial charge in [0, 0.05) is 0 Å². The van der Waals surface area contributed by atoms with Gasteiger partial charge in [-0.05, 0) is 58.6 Å². The molecule has 0 bridgehead atoms. The van der Waals surface area contributed by atoms with Gasteiger partial charge in [-0.1, -0.05) is 94.4 Å². The van der Waals surface area contributed by atoms with Crippen LogP contribution in [0.3, 0.4) is 0 Å². The summed E-state index contributed by atoms with van der Waals surface area (Å²) in [4.78, 5) is 0. The van der Waals surface area contributed by atoms with Crippen molar-refractivity contribution in [2.75, 3.05) is 0 Å². The van der Waals surface area contributed by atoms with E-state index in [1.807, 2.05) is 18.2 Å². The molecule has 0 fully saturated rings. The van der Waals surface area contributed by atoms with Gasteiger partial charge in [-0.15, -0.1) is 0 Å². The number of rotatable bonds is 8. The van der Waals surface area contributed by atoms with Gasteiger partial charge in [0.15, 0.2) is 0 Å². The maximum absolute atomic E-state index is 5.93. The highest BCUT2D eigenvalue weighted by molar-refractivity contribution is 5.36. The van der Waals surface area contributed by atoms with Gasteiger partial charge >= 0.3 is 0 Å². The Morgan fingerprint density at radius 3 is 1.86 bits per heavy atom. The van der Waals surface area contributed by atoms with E-state index < -0.39 is 0 Å². The number of hydrogen-bond acceptors (Lipinski definition) is 1. The van der Waals surface area contributed by atoms with Crippen LogP contribution in [0, 0.1) is 5.92 Å². The zero-order valence-corrected chi connectivity index (χ0v) is 17.6. The largest absolute Gasteiger partial charge is 0.489 e. The SMILES string of the molecule is CC(C)c1ccccc1C(Cc1ccc(OCc2ccccc2)cc1)C(C)C. The second-order valence-corrected chi connectivity index (χ2v) is 8.26. The van der Waals surface area contributed by atoms with Crippen LogP contribution in [0.4, 0.5) is 0 Å². The molecular weight excluding hydrogens is 340 g/mol. The van der Waals surface area contributed by atoms with Crippen molar-refractivity contribution in [1.29, 1.82) is 0 Å². The molecule has 0 N–H and O–H groups in total. The van der Waals surface area contributed by atoms with E-state index in [9.17, 15) is 0 Å². The van der Waals surface area contributed by atoms with Crippen LogP contribution in [0.2, 0.25) is 0 Å². The zero-order chi connectivity index (χ0) is 19.9. The van der Waals surface area contributed by atoms with Crippen molar-refractivity contribution in [3.05, 3.63) is 101 Å². The Morgan fingerprint density at radius 2 is 1.25 bits per heavy atom. The van der Waals surface area contributed by atoms with Crippen LogP contribution in [0.25, 0.3) is 0 Å². The van der Waals surface area contributed by atoms with Crippen molar-refractivity contribution in [3.8, 4) is 5.75 Å². The predicted molar refractivity (Wildman–Crippen MR) is 119 cm³/mol. The summed E-state index contributed by atoms with van der Waals surface area (Å²) in [5, 5.41) is 0. The van der Waals surface area contributed by atoms with Crippen LogP contribution in [0.1, 0.15) is 61.8 Å². The van der Waals surface area contributed by atoms with E-state index in [1.165, 1.54) is 22.3 Å². The van der Waals surface area contributed by atoms with Crippen molar-refractivity contribution in [2.24, 2.45) is 5.92 Å². The normalized spacial score (nSPS) is 12.4. The Kier molecular flexibility index (Phi) is 6.92. The summed E-state index contributed by atoms with van der Waals surface area (Å²) >= 11 is 0. The summed E-state index contributed by atoms with van der Waals surface area (Å²) in [6.45, 7) is 9.85. The first-order valence-corrected chi connectivity index (χ1v) is 10.4. The van der Waals surface area contributed by atoms with Gasteiger partial charge in [0.1, 0.15) is 12.4 Å². The van der Waals surface area contributed by atoms with E-state index in [1.54, 1.807) is 0 Å². The maximum Gasteiger partial charge on any atom is 0.119 e. The molecule has 0 aromatic heterocycles. The fraction of sp³-hybridized carbons (Fsp3) is 0.333. The Balaban J connectivity index is 1.71. The Morgan fingerprint density at radius 1 is 0.643 bits per heavy atom. The second kappa shape index (κ2) is 9.59. The molecule has 1 atom stereocenters. The van der Waals surface area contributed by atoms with E-state index in [0.717, 1.165) is 12.2 Å². The summed E-state index contributed by atoms with van der Waals surface area (Å²) in [5.74, 6) is 2.59. The molecule has 0 amide bonds. The van der Waals surface area contributed by atoms with Gasteiger partial charge in [0.05, 0.1) is 0 Å². The minimum absolute atomic E-state index is 0.523. The summed E-state index contributed by atoms with van der Waals surface area (Å²) in [5.41, 5.74) is 5.53. The molecule has 0 saturated heterocycles. The van der Waals surface area contributed by atoms with Crippen LogP contribution in [-0.4, -0.2) is 0 Å². The van der Waals surface area contributed by atoms with Gasteiger partial charge < -0.3 is 4.74 Å². The highest BCUT2D eigenvalue weighted by Gasteiger charge is 2.20. The quantitative estimate of drug-likeness (QED) is 0.401. The third-order valence-electron chi connectivity index (χ3n) is 5.45. The number of ether oxygens (including phenoxy) is 1. The lowest BCUT2D eigenvalue weighted by Gasteiger charge is -2.25. The van der Waals surface area contributed by atoms with Gasteiger partial charge in [0.2, 0.25) is 0 Å². The molecule has 3 rings (SSSR count). The van der Waals surface area contributed by atoms with Gasteiger partial charge in [-0.2, -0.15) is 0 Å². The van der Waals surface area contributed by atoms with E-state index in [-0.39, 0.29) is 0 Å². The van der Waals surface area contributed by atoms with E-state index >= 15 is 0 Å². The standard InChI is InChI=1S/C27H32O/c1-20(2)25-12-8-9-13-26(25)27(21(3)4)18-22-14-16-24(17-15-22)28-19-23-10-6-5-7-11-23/h5-17,20-21,27H,18-19H2,1-4H3. The topological polar surface area (TPSA) is 9.23 Å². The van der Waals surface area contributed by atoms with Gasteiger partial charge in [-0.3, -0.25) is 0 Å². The molecular formula is C27H32O. The maximum atomic E-state index is 5.93. The first kappa shape index (κ1) is 20.2. The van der Waals surface area contributed by atoms with Crippen molar-refractivity contribution in [2.45, 2.75) is 52.6 Å². The molecule has 1 unspecified atom stereocenters. The smallest absolute Gasteiger partial charge is 0.119 e. The van der Waals surface area contributed by atoms with Crippen LogP contribution in [0.15, 0.2) is 78.9 Å². The van der Waals surface area contributed by atoms with Crippen molar-refractivity contribution in [3.63, 3.8) is 0 Å². The fourth-order valence-electron chi connectivity index (χ4n) is 3.80. The molecule has 0 aliphatic rings. The number of benzene rings is 3. The lowest BCUT2D eigenvalue weighted by Crippen LogP contribution is -2.13. The van der Waals surface area contributed by atoms with Crippen LogP contribution < -0.4 is 4.74 Å². The minimum atomic E-state index is 0.523. The Hall–Kier alpha value is -2.54. The Bertz CT molecular complexity index is 847. The van der Waals surface area contributed by atoms with Crippen molar-refractivity contribution < 1.29 is 4.74 Å². The Labute approximate surface area is 170 Å². The highest BCUT2D eigenvalue weighted by atomic mass is 16.5. The second-order valence-electron chi connectivity index (χ2n) is 8.26.